The van der Waals surface area contributed by atoms with Crippen molar-refractivity contribution in [2.45, 2.75) is 44.7 Å². The highest BCUT2D eigenvalue weighted by molar-refractivity contribution is 6.13. The van der Waals surface area contributed by atoms with E-state index in [0.29, 0.717) is 12.5 Å². The quantitative estimate of drug-likeness (QED) is 0.771. The van der Waals surface area contributed by atoms with Gasteiger partial charge >= 0.3 is 0 Å². The molecule has 0 atom stereocenters. The molecule has 1 fully saturated rings. The minimum Gasteiger partial charge on any atom is -0.370 e. The molecule has 2 rings (SSSR count). The maximum atomic E-state index is 10.6. The second-order valence-corrected chi connectivity index (χ2v) is 5.36. The van der Waals surface area contributed by atoms with Crippen molar-refractivity contribution in [3.63, 3.8) is 0 Å². The first-order valence-corrected chi connectivity index (χ1v) is 6.77. The van der Waals surface area contributed by atoms with Crippen LogP contribution in [0.5, 0.6) is 0 Å². The highest BCUT2D eigenvalue weighted by Gasteiger charge is 2.27. The van der Waals surface area contributed by atoms with Gasteiger partial charge in [-0.05, 0) is 48.6 Å². The SMILES string of the molecule is NC(=O)CCCc1ccc(CN(Cl)C2CC2)cc1. The summed E-state index contributed by atoms with van der Waals surface area (Å²) in [7, 11) is 0. The monoisotopic (exact) mass is 266 g/mol. The summed E-state index contributed by atoms with van der Waals surface area (Å²) in [5, 5.41) is 0. The van der Waals surface area contributed by atoms with Crippen molar-refractivity contribution in [3.8, 4) is 0 Å². The zero-order valence-corrected chi connectivity index (χ0v) is 11.2. The van der Waals surface area contributed by atoms with Crippen LogP contribution in [0.15, 0.2) is 24.3 Å². The van der Waals surface area contributed by atoms with E-state index in [1.807, 2.05) is 4.42 Å². The molecular formula is C14H19ClN2O. The van der Waals surface area contributed by atoms with Crippen LogP contribution >= 0.6 is 11.8 Å². The number of halogens is 1. The molecule has 1 aromatic rings. The second-order valence-electron chi connectivity index (χ2n) is 4.93. The minimum absolute atomic E-state index is 0.228. The number of nitrogens with zero attached hydrogens (tertiary/aromatic N) is 1. The van der Waals surface area contributed by atoms with E-state index in [4.69, 9.17) is 17.5 Å². The van der Waals surface area contributed by atoms with Gasteiger partial charge in [0.1, 0.15) is 0 Å². The summed E-state index contributed by atoms with van der Waals surface area (Å²) in [5.74, 6) is -0.228. The molecule has 0 aliphatic heterocycles. The van der Waals surface area contributed by atoms with Gasteiger partial charge in [0.15, 0.2) is 0 Å². The standard InChI is InChI=1S/C14H19ClN2O/c15-17(13-8-9-13)10-12-6-4-11(5-7-12)2-1-3-14(16)18/h4-7,13H,1-3,8-10H2,(H2,16,18). The van der Waals surface area contributed by atoms with Crippen molar-refractivity contribution in [2.24, 2.45) is 5.73 Å². The third kappa shape index (κ3) is 4.31. The Kier molecular flexibility index (Phi) is 4.61. The molecule has 1 aromatic carbocycles. The average molecular weight is 267 g/mol. The Bertz CT molecular complexity index is 401. The molecule has 18 heavy (non-hydrogen) atoms. The van der Waals surface area contributed by atoms with Gasteiger partial charge in [-0.3, -0.25) is 4.79 Å². The first kappa shape index (κ1) is 13.4. The van der Waals surface area contributed by atoms with E-state index in [-0.39, 0.29) is 5.91 Å². The van der Waals surface area contributed by atoms with Gasteiger partial charge in [0.2, 0.25) is 5.91 Å². The Morgan fingerprint density at radius 3 is 2.44 bits per heavy atom. The van der Waals surface area contributed by atoms with Crippen LogP contribution in [-0.2, 0) is 17.8 Å². The first-order valence-electron chi connectivity index (χ1n) is 6.43. The summed E-state index contributed by atoms with van der Waals surface area (Å²) in [6, 6.07) is 9.00. The number of primary amides is 1. The van der Waals surface area contributed by atoms with Crippen molar-refractivity contribution in [2.75, 3.05) is 0 Å². The van der Waals surface area contributed by atoms with Crippen LogP contribution in [0.25, 0.3) is 0 Å². The molecule has 0 heterocycles. The topological polar surface area (TPSA) is 46.3 Å². The molecule has 0 bridgehead atoms. The highest BCUT2D eigenvalue weighted by Crippen LogP contribution is 2.29. The number of nitrogens with two attached hydrogens (primary N) is 1. The van der Waals surface area contributed by atoms with E-state index >= 15 is 0 Å². The van der Waals surface area contributed by atoms with Crippen LogP contribution in [0.3, 0.4) is 0 Å². The van der Waals surface area contributed by atoms with Gasteiger partial charge in [0.25, 0.3) is 0 Å². The molecule has 2 N–H and O–H groups in total. The summed E-state index contributed by atoms with van der Waals surface area (Å²) in [6.07, 6.45) is 4.61. The Balaban J connectivity index is 1.79. The lowest BCUT2D eigenvalue weighted by Gasteiger charge is -2.12. The number of hydrogen-bond donors (Lipinski definition) is 1. The van der Waals surface area contributed by atoms with E-state index in [2.05, 4.69) is 24.3 Å². The second kappa shape index (κ2) is 6.21. The third-order valence-electron chi connectivity index (χ3n) is 3.19. The van der Waals surface area contributed by atoms with Crippen LogP contribution < -0.4 is 5.73 Å². The van der Waals surface area contributed by atoms with Crippen LogP contribution in [0.1, 0.15) is 36.8 Å². The fourth-order valence-corrected chi connectivity index (χ4v) is 2.27. The lowest BCUT2D eigenvalue weighted by molar-refractivity contribution is -0.118. The summed E-state index contributed by atoms with van der Waals surface area (Å²) in [4.78, 5) is 10.6. The molecule has 4 heteroatoms. The molecule has 0 unspecified atom stereocenters. The molecular weight excluding hydrogens is 248 g/mol. The maximum absolute atomic E-state index is 10.6. The van der Waals surface area contributed by atoms with E-state index < -0.39 is 0 Å². The van der Waals surface area contributed by atoms with Crippen molar-refractivity contribution < 1.29 is 4.79 Å². The van der Waals surface area contributed by atoms with Gasteiger partial charge in [-0.15, -0.1) is 0 Å². The van der Waals surface area contributed by atoms with E-state index in [9.17, 15) is 4.79 Å². The molecule has 98 valence electrons. The maximum Gasteiger partial charge on any atom is 0.217 e. The number of carbonyl (C=O) groups excluding carboxylic acids is 1. The molecule has 1 aliphatic rings. The summed E-state index contributed by atoms with van der Waals surface area (Å²) < 4.78 is 1.89. The number of amides is 1. The lowest BCUT2D eigenvalue weighted by atomic mass is 10.1. The Morgan fingerprint density at radius 1 is 1.28 bits per heavy atom. The molecule has 0 spiro atoms. The van der Waals surface area contributed by atoms with Crippen LogP contribution in [-0.4, -0.2) is 16.4 Å². The number of carbonyl (C=O) groups is 1. The third-order valence-corrected chi connectivity index (χ3v) is 3.58. The smallest absolute Gasteiger partial charge is 0.217 e. The highest BCUT2D eigenvalue weighted by atomic mass is 35.5. The zero-order chi connectivity index (χ0) is 13.0. The van der Waals surface area contributed by atoms with Crippen LogP contribution in [0.2, 0.25) is 0 Å². The van der Waals surface area contributed by atoms with E-state index in [0.717, 1.165) is 19.4 Å². The molecule has 0 radical (unpaired) electrons. The van der Waals surface area contributed by atoms with Gasteiger partial charge in [-0.1, -0.05) is 24.3 Å². The summed E-state index contributed by atoms with van der Waals surface area (Å²) in [5.41, 5.74) is 7.59. The number of hydrogen-bond acceptors (Lipinski definition) is 2. The Morgan fingerprint density at radius 2 is 1.89 bits per heavy atom. The van der Waals surface area contributed by atoms with Gasteiger partial charge < -0.3 is 5.73 Å². The fourth-order valence-electron chi connectivity index (χ4n) is 1.94. The summed E-state index contributed by atoms with van der Waals surface area (Å²) >= 11 is 6.15. The van der Waals surface area contributed by atoms with Crippen molar-refractivity contribution in [1.82, 2.24) is 4.42 Å². The lowest BCUT2D eigenvalue weighted by Crippen LogP contribution is -2.13. The molecule has 0 aromatic heterocycles. The van der Waals surface area contributed by atoms with Gasteiger partial charge in [0, 0.05) is 19.0 Å². The van der Waals surface area contributed by atoms with Gasteiger partial charge in [-0.25, -0.2) is 4.42 Å². The van der Waals surface area contributed by atoms with Gasteiger partial charge in [-0.2, -0.15) is 0 Å². The molecule has 0 saturated heterocycles. The van der Waals surface area contributed by atoms with Crippen LogP contribution in [0.4, 0.5) is 0 Å². The normalized spacial score (nSPS) is 15.0. The van der Waals surface area contributed by atoms with Crippen molar-refractivity contribution in [3.05, 3.63) is 35.4 Å². The van der Waals surface area contributed by atoms with Crippen molar-refractivity contribution >= 4 is 17.7 Å². The first-order chi connectivity index (χ1) is 8.65. The number of aryl methyl sites for hydroxylation is 1. The predicted octanol–water partition coefficient (Wildman–Crippen LogP) is 2.61. The molecule has 1 aliphatic carbocycles. The number of benzene rings is 1. The Labute approximate surface area is 113 Å². The summed E-state index contributed by atoms with van der Waals surface area (Å²) in [6.45, 7) is 0.799. The molecule has 1 saturated carbocycles. The molecule has 3 nitrogen and oxygen atoms in total. The largest absolute Gasteiger partial charge is 0.370 e. The minimum atomic E-state index is -0.228. The Hall–Kier alpha value is -1.06. The van der Waals surface area contributed by atoms with E-state index in [1.165, 1.54) is 24.0 Å². The zero-order valence-electron chi connectivity index (χ0n) is 10.4. The van der Waals surface area contributed by atoms with Crippen LogP contribution in [0, 0.1) is 0 Å². The predicted molar refractivity (Wildman–Crippen MR) is 73.0 cm³/mol. The molecule has 1 amide bonds. The van der Waals surface area contributed by atoms with E-state index in [1.54, 1.807) is 0 Å². The van der Waals surface area contributed by atoms with Gasteiger partial charge in [0.05, 0.1) is 0 Å². The van der Waals surface area contributed by atoms with Crippen molar-refractivity contribution in [1.29, 1.82) is 0 Å². The number of rotatable bonds is 7. The fraction of sp³-hybridized carbons (Fsp3) is 0.500. The average Bonchev–Trinajstić information content (AvgIpc) is 3.15.